The molecule has 7 nitrogen and oxygen atoms in total. The normalized spacial score (nSPS) is 15.1. The summed E-state index contributed by atoms with van der Waals surface area (Å²) < 4.78 is 1.70. The van der Waals surface area contributed by atoms with E-state index in [9.17, 15) is 4.79 Å². The predicted molar refractivity (Wildman–Crippen MR) is 124 cm³/mol. The van der Waals surface area contributed by atoms with Gasteiger partial charge in [0.15, 0.2) is 5.82 Å². The van der Waals surface area contributed by atoms with E-state index in [4.69, 9.17) is 16.7 Å². The smallest absolute Gasteiger partial charge is 0.255 e. The number of carbonyl (C=O) groups is 1. The van der Waals surface area contributed by atoms with Crippen molar-refractivity contribution in [2.75, 3.05) is 10.6 Å². The molecule has 1 amide bonds. The minimum Gasteiger partial charge on any atom is -0.328 e. The molecule has 1 atom stereocenters. The summed E-state index contributed by atoms with van der Waals surface area (Å²) in [6.45, 7) is 1.85. The van der Waals surface area contributed by atoms with E-state index in [0.29, 0.717) is 33.8 Å². The Labute approximate surface area is 189 Å². The summed E-state index contributed by atoms with van der Waals surface area (Å²) in [6, 6.07) is 20.0. The van der Waals surface area contributed by atoms with E-state index in [0.717, 1.165) is 11.1 Å². The second-order valence-electron chi connectivity index (χ2n) is 7.35. The number of pyridine rings is 1. The molecule has 0 spiro atoms. The molecule has 0 fully saturated rings. The maximum Gasteiger partial charge on any atom is 0.255 e. The number of rotatable bonds is 4. The fraction of sp³-hybridized carbons (Fsp3) is 0.0833. The van der Waals surface area contributed by atoms with E-state index >= 15 is 0 Å². The number of benzene rings is 2. The minimum absolute atomic E-state index is 0.241. The summed E-state index contributed by atoms with van der Waals surface area (Å²) >= 11 is 6.58. The van der Waals surface area contributed by atoms with E-state index in [1.54, 1.807) is 23.1 Å². The third kappa shape index (κ3) is 3.63. The number of fused-ring (bicyclic) bond motifs is 1. The molecule has 32 heavy (non-hydrogen) atoms. The Morgan fingerprint density at radius 3 is 2.59 bits per heavy atom. The number of anilines is 2. The molecule has 4 aromatic rings. The van der Waals surface area contributed by atoms with Gasteiger partial charge in [0.2, 0.25) is 5.95 Å². The van der Waals surface area contributed by atoms with Gasteiger partial charge in [-0.15, -0.1) is 5.10 Å². The molecule has 2 aromatic carbocycles. The lowest BCUT2D eigenvalue weighted by molar-refractivity contribution is -0.113. The van der Waals surface area contributed by atoms with Gasteiger partial charge in [-0.2, -0.15) is 4.98 Å². The lowest BCUT2D eigenvalue weighted by atomic mass is 9.95. The zero-order valence-corrected chi connectivity index (χ0v) is 17.9. The fourth-order valence-electron chi connectivity index (χ4n) is 3.77. The zero-order valence-electron chi connectivity index (χ0n) is 17.2. The Morgan fingerprint density at radius 2 is 1.84 bits per heavy atom. The molecule has 0 bridgehead atoms. The molecule has 3 heterocycles. The van der Waals surface area contributed by atoms with Gasteiger partial charge in [0.1, 0.15) is 6.04 Å². The Bertz CT molecular complexity index is 1320. The molecule has 0 radical (unpaired) electrons. The van der Waals surface area contributed by atoms with Crippen molar-refractivity contribution in [3.63, 3.8) is 0 Å². The second kappa shape index (κ2) is 8.28. The molecule has 0 saturated heterocycles. The van der Waals surface area contributed by atoms with Crippen molar-refractivity contribution in [2.45, 2.75) is 13.0 Å². The Morgan fingerprint density at radius 1 is 1.06 bits per heavy atom. The van der Waals surface area contributed by atoms with Crippen LogP contribution in [0.25, 0.3) is 11.4 Å². The number of hydrogen-bond acceptors (Lipinski definition) is 5. The summed E-state index contributed by atoms with van der Waals surface area (Å²) in [4.78, 5) is 22.2. The van der Waals surface area contributed by atoms with Crippen LogP contribution in [0.5, 0.6) is 0 Å². The van der Waals surface area contributed by atoms with Crippen LogP contribution >= 0.6 is 11.6 Å². The van der Waals surface area contributed by atoms with Crippen molar-refractivity contribution in [1.82, 2.24) is 19.7 Å². The van der Waals surface area contributed by atoms with Crippen LogP contribution in [0, 0.1) is 0 Å². The van der Waals surface area contributed by atoms with Gasteiger partial charge in [-0.1, -0.05) is 48.0 Å². The molecule has 158 valence electrons. The van der Waals surface area contributed by atoms with Gasteiger partial charge in [-0.05, 0) is 37.3 Å². The van der Waals surface area contributed by atoms with E-state index in [2.05, 4.69) is 20.6 Å². The highest BCUT2D eigenvalue weighted by molar-refractivity contribution is 6.31. The standard InChI is InChI=1S/C24H19ClN6O/c1-15-20(23(32)28-17-9-3-2-4-10-17)21(18-11-5-6-12-19(18)25)31-24(27-15)29-22(30-31)16-8-7-13-26-14-16/h2-14,21H,1H3,(H,28,32)(H,27,29,30). The van der Waals surface area contributed by atoms with Gasteiger partial charge in [-0.3, -0.25) is 9.78 Å². The third-order valence-electron chi connectivity index (χ3n) is 5.25. The summed E-state index contributed by atoms with van der Waals surface area (Å²) in [7, 11) is 0. The van der Waals surface area contributed by atoms with Gasteiger partial charge >= 0.3 is 0 Å². The first-order chi connectivity index (χ1) is 15.6. The maximum atomic E-state index is 13.4. The number of para-hydroxylation sites is 1. The first-order valence-corrected chi connectivity index (χ1v) is 10.4. The number of halogens is 1. The van der Waals surface area contributed by atoms with Gasteiger partial charge in [0.25, 0.3) is 5.91 Å². The maximum absolute atomic E-state index is 13.4. The molecule has 1 unspecified atom stereocenters. The molecular weight excluding hydrogens is 424 g/mol. The van der Waals surface area contributed by atoms with Crippen LogP contribution in [0.4, 0.5) is 11.6 Å². The van der Waals surface area contributed by atoms with Crippen LogP contribution in [-0.2, 0) is 4.79 Å². The quantitative estimate of drug-likeness (QED) is 0.468. The Hall–Kier alpha value is -3.97. The first-order valence-electron chi connectivity index (χ1n) is 10.1. The fourth-order valence-corrected chi connectivity index (χ4v) is 4.01. The molecule has 2 N–H and O–H groups in total. The van der Waals surface area contributed by atoms with Crippen LogP contribution in [-0.4, -0.2) is 25.7 Å². The molecule has 0 aliphatic carbocycles. The van der Waals surface area contributed by atoms with Crippen molar-refractivity contribution >= 4 is 29.1 Å². The monoisotopic (exact) mass is 442 g/mol. The topological polar surface area (TPSA) is 84.7 Å². The molecule has 0 saturated carbocycles. The minimum atomic E-state index is -0.554. The highest BCUT2D eigenvalue weighted by Gasteiger charge is 2.35. The second-order valence-corrected chi connectivity index (χ2v) is 7.76. The average molecular weight is 443 g/mol. The summed E-state index contributed by atoms with van der Waals surface area (Å²) in [5, 5.41) is 11.5. The van der Waals surface area contributed by atoms with Crippen molar-refractivity contribution in [3.8, 4) is 11.4 Å². The van der Waals surface area contributed by atoms with Crippen molar-refractivity contribution < 1.29 is 4.79 Å². The summed E-state index contributed by atoms with van der Waals surface area (Å²) in [5.74, 6) is 0.799. The number of nitrogens with zero attached hydrogens (tertiary/aromatic N) is 4. The van der Waals surface area contributed by atoms with Crippen LogP contribution in [0.1, 0.15) is 18.5 Å². The van der Waals surface area contributed by atoms with E-state index < -0.39 is 6.04 Å². The van der Waals surface area contributed by atoms with Crippen LogP contribution in [0.15, 0.2) is 90.4 Å². The van der Waals surface area contributed by atoms with Gasteiger partial charge in [-0.25, -0.2) is 4.68 Å². The molecule has 5 rings (SSSR count). The lowest BCUT2D eigenvalue weighted by Gasteiger charge is -2.29. The number of amides is 1. The van der Waals surface area contributed by atoms with Gasteiger partial charge < -0.3 is 10.6 Å². The van der Waals surface area contributed by atoms with Crippen LogP contribution in [0.2, 0.25) is 5.02 Å². The SMILES string of the molecule is CC1=C(C(=O)Nc2ccccc2)C(c2ccccc2Cl)n2nc(-c3cccnc3)nc2N1. The van der Waals surface area contributed by atoms with Crippen molar-refractivity contribution in [1.29, 1.82) is 0 Å². The van der Waals surface area contributed by atoms with Crippen LogP contribution < -0.4 is 10.6 Å². The number of hydrogen-bond donors (Lipinski definition) is 2. The molecule has 1 aliphatic heterocycles. The number of nitrogens with one attached hydrogen (secondary N) is 2. The number of aromatic nitrogens is 4. The number of carbonyl (C=O) groups excluding carboxylic acids is 1. The molecule has 2 aromatic heterocycles. The molecular formula is C24H19ClN6O. The molecule has 1 aliphatic rings. The lowest BCUT2D eigenvalue weighted by Crippen LogP contribution is -2.31. The first kappa shape index (κ1) is 20.0. The van der Waals surface area contributed by atoms with Gasteiger partial charge in [0.05, 0.1) is 5.57 Å². The third-order valence-corrected chi connectivity index (χ3v) is 5.59. The zero-order chi connectivity index (χ0) is 22.1. The largest absolute Gasteiger partial charge is 0.328 e. The summed E-state index contributed by atoms with van der Waals surface area (Å²) in [6.07, 6.45) is 3.40. The number of allylic oxidation sites excluding steroid dienone is 1. The van der Waals surface area contributed by atoms with Crippen LogP contribution in [0.3, 0.4) is 0 Å². The van der Waals surface area contributed by atoms with E-state index in [-0.39, 0.29) is 5.91 Å². The summed E-state index contributed by atoms with van der Waals surface area (Å²) in [5.41, 5.74) is 3.44. The van der Waals surface area contributed by atoms with Crippen molar-refractivity contribution in [2.24, 2.45) is 0 Å². The average Bonchev–Trinajstić information content (AvgIpc) is 3.23. The predicted octanol–water partition coefficient (Wildman–Crippen LogP) is 4.92. The van der Waals surface area contributed by atoms with E-state index in [1.165, 1.54) is 0 Å². The molecule has 8 heteroatoms. The Balaban J connectivity index is 1.63. The Kier molecular flexibility index (Phi) is 5.17. The van der Waals surface area contributed by atoms with Gasteiger partial charge in [0, 0.05) is 39.9 Å². The van der Waals surface area contributed by atoms with Crippen molar-refractivity contribution in [3.05, 3.63) is 101 Å². The highest BCUT2D eigenvalue weighted by Crippen LogP contribution is 2.39. The highest BCUT2D eigenvalue weighted by atomic mass is 35.5. The van der Waals surface area contributed by atoms with E-state index in [1.807, 2.05) is 67.6 Å².